The van der Waals surface area contributed by atoms with Crippen LogP contribution in [0.3, 0.4) is 0 Å². The fourth-order valence-corrected chi connectivity index (χ4v) is 1.74. The lowest BCUT2D eigenvalue weighted by Crippen LogP contribution is -2.17. The molecular formula is C15H20N4. The molecule has 4 heteroatoms. The molecule has 0 unspecified atom stereocenters. The molecule has 0 saturated carbocycles. The average molecular weight is 256 g/mol. The van der Waals surface area contributed by atoms with Crippen LogP contribution in [0.25, 0.3) is 11.4 Å². The van der Waals surface area contributed by atoms with Crippen molar-refractivity contribution < 1.29 is 0 Å². The Morgan fingerprint density at radius 2 is 1.68 bits per heavy atom. The zero-order valence-electron chi connectivity index (χ0n) is 11.9. The zero-order chi connectivity index (χ0) is 14.0. The Kier molecular flexibility index (Phi) is 3.53. The highest BCUT2D eigenvalue weighted by Crippen LogP contribution is 2.25. The molecule has 0 aliphatic carbocycles. The molecule has 0 amide bonds. The molecule has 0 fully saturated rings. The smallest absolute Gasteiger partial charge is 0.161 e. The van der Waals surface area contributed by atoms with Gasteiger partial charge in [-0.15, -0.1) is 0 Å². The molecule has 0 atom stereocenters. The first-order valence-electron chi connectivity index (χ1n) is 6.33. The monoisotopic (exact) mass is 256 g/mol. The van der Waals surface area contributed by atoms with Crippen molar-refractivity contribution in [3.8, 4) is 11.4 Å². The Labute approximate surface area is 114 Å². The second kappa shape index (κ2) is 4.97. The predicted octanol–water partition coefficient (Wildman–Crippen LogP) is 3.04. The molecule has 1 heterocycles. The summed E-state index contributed by atoms with van der Waals surface area (Å²) in [6.07, 6.45) is 0. The van der Waals surface area contributed by atoms with Gasteiger partial charge >= 0.3 is 0 Å². The van der Waals surface area contributed by atoms with E-state index in [0.717, 1.165) is 11.3 Å². The molecule has 0 saturated heterocycles. The first kappa shape index (κ1) is 13.5. The summed E-state index contributed by atoms with van der Waals surface area (Å²) in [6.45, 7) is 8.42. The summed E-state index contributed by atoms with van der Waals surface area (Å²) in [7, 11) is 0. The lowest BCUT2D eigenvalue weighted by atomic mass is 9.92. The normalized spacial score (nSPS) is 11.4. The van der Waals surface area contributed by atoms with Crippen LogP contribution in [0.1, 0.15) is 32.0 Å². The summed E-state index contributed by atoms with van der Waals surface area (Å²) in [6, 6.07) is 10.0. The summed E-state index contributed by atoms with van der Waals surface area (Å²) in [5.41, 5.74) is 5.74. The van der Waals surface area contributed by atoms with Gasteiger partial charge in [0.1, 0.15) is 5.82 Å². The van der Waals surface area contributed by atoms with Gasteiger partial charge in [0.25, 0.3) is 0 Å². The summed E-state index contributed by atoms with van der Waals surface area (Å²) >= 11 is 0. The molecule has 0 bridgehead atoms. The van der Waals surface area contributed by atoms with Crippen LogP contribution in [0.4, 0.5) is 5.82 Å². The maximum atomic E-state index is 5.49. The third kappa shape index (κ3) is 3.09. The van der Waals surface area contributed by atoms with E-state index in [1.54, 1.807) is 0 Å². The minimum Gasteiger partial charge on any atom is -0.308 e. The highest BCUT2D eigenvalue weighted by Gasteiger charge is 2.18. The summed E-state index contributed by atoms with van der Waals surface area (Å²) in [4.78, 5) is 9.06. The van der Waals surface area contributed by atoms with E-state index < -0.39 is 0 Å². The van der Waals surface area contributed by atoms with E-state index in [2.05, 4.69) is 55.2 Å². The molecule has 0 aliphatic heterocycles. The Hall–Kier alpha value is -1.94. The number of nitrogens with one attached hydrogen (secondary N) is 1. The number of benzene rings is 1. The van der Waals surface area contributed by atoms with Crippen LogP contribution in [-0.2, 0) is 5.41 Å². The standard InChI is InChI=1S/C15H20N4/c1-10-5-7-11(8-6-10)14-17-12(15(2,3)4)9-13(18-14)19-16/h5-9H,16H2,1-4H3,(H,17,18,19). The van der Waals surface area contributed by atoms with Crippen molar-refractivity contribution in [1.82, 2.24) is 9.97 Å². The fraction of sp³-hybridized carbons (Fsp3) is 0.333. The zero-order valence-corrected chi connectivity index (χ0v) is 11.9. The topological polar surface area (TPSA) is 63.8 Å². The number of anilines is 1. The molecule has 1 aromatic heterocycles. The molecule has 0 aliphatic rings. The van der Waals surface area contributed by atoms with Crippen molar-refractivity contribution in [2.75, 3.05) is 5.43 Å². The van der Waals surface area contributed by atoms with Crippen molar-refractivity contribution >= 4 is 5.82 Å². The molecule has 19 heavy (non-hydrogen) atoms. The van der Waals surface area contributed by atoms with E-state index in [1.807, 2.05) is 18.2 Å². The van der Waals surface area contributed by atoms with Crippen LogP contribution in [0.2, 0.25) is 0 Å². The number of hydrazine groups is 1. The fourth-order valence-electron chi connectivity index (χ4n) is 1.74. The van der Waals surface area contributed by atoms with Gasteiger partial charge in [0.15, 0.2) is 5.82 Å². The summed E-state index contributed by atoms with van der Waals surface area (Å²) in [5, 5.41) is 0. The number of nitrogen functional groups attached to an aromatic ring is 1. The Balaban J connectivity index is 2.54. The number of nitrogens with zero attached hydrogens (tertiary/aromatic N) is 2. The van der Waals surface area contributed by atoms with Gasteiger partial charge in [-0.25, -0.2) is 15.8 Å². The molecule has 2 aromatic rings. The average Bonchev–Trinajstić information content (AvgIpc) is 2.38. The summed E-state index contributed by atoms with van der Waals surface area (Å²) in [5.74, 6) is 6.82. The lowest BCUT2D eigenvalue weighted by Gasteiger charge is -2.19. The molecule has 100 valence electrons. The second-order valence-corrected chi connectivity index (χ2v) is 5.72. The Morgan fingerprint density at radius 3 is 2.21 bits per heavy atom. The SMILES string of the molecule is Cc1ccc(-c2nc(NN)cc(C(C)(C)C)n2)cc1. The van der Waals surface area contributed by atoms with Crippen LogP contribution >= 0.6 is 0 Å². The summed E-state index contributed by atoms with van der Waals surface area (Å²) < 4.78 is 0. The number of hydrogen-bond donors (Lipinski definition) is 2. The molecule has 1 aromatic carbocycles. The molecule has 4 nitrogen and oxygen atoms in total. The molecule has 2 rings (SSSR count). The van der Waals surface area contributed by atoms with Crippen molar-refractivity contribution in [1.29, 1.82) is 0 Å². The van der Waals surface area contributed by atoms with E-state index in [1.165, 1.54) is 5.56 Å². The Bertz CT molecular complexity index is 568. The van der Waals surface area contributed by atoms with Gasteiger partial charge in [-0.05, 0) is 6.92 Å². The number of rotatable bonds is 2. The van der Waals surface area contributed by atoms with Crippen LogP contribution in [-0.4, -0.2) is 9.97 Å². The van der Waals surface area contributed by atoms with Crippen molar-refractivity contribution in [2.24, 2.45) is 5.84 Å². The number of aryl methyl sites for hydroxylation is 1. The highest BCUT2D eigenvalue weighted by molar-refractivity contribution is 5.58. The number of nitrogens with two attached hydrogens (primary N) is 1. The maximum absolute atomic E-state index is 5.49. The molecular weight excluding hydrogens is 236 g/mol. The number of aromatic nitrogens is 2. The van der Waals surface area contributed by atoms with E-state index >= 15 is 0 Å². The van der Waals surface area contributed by atoms with E-state index in [-0.39, 0.29) is 5.41 Å². The van der Waals surface area contributed by atoms with Gasteiger partial charge in [-0.3, -0.25) is 0 Å². The van der Waals surface area contributed by atoms with E-state index in [9.17, 15) is 0 Å². The van der Waals surface area contributed by atoms with E-state index in [4.69, 9.17) is 5.84 Å². The van der Waals surface area contributed by atoms with Gasteiger partial charge in [-0.1, -0.05) is 50.6 Å². The third-order valence-corrected chi connectivity index (χ3v) is 2.95. The largest absolute Gasteiger partial charge is 0.308 e. The van der Waals surface area contributed by atoms with Crippen molar-refractivity contribution in [3.05, 3.63) is 41.6 Å². The third-order valence-electron chi connectivity index (χ3n) is 2.95. The molecule has 3 N–H and O–H groups in total. The number of hydrogen-bond acceptors (Lipinski definition) is 4. The van der Waals surface area contributed by atoms with Crippen LogP contribution < -0.4 is 11.3 Å². The van der Waals surface area contributed by atoms with Crippen molar-refractivity contribution in [2.45, 2.75) is 33.1 Å². The van der Waals surface area contributed by atoms with Gasteiger partial charge < -0.3 is 5.43 Å². The minimum atomic E-state index is -0.0476. The van der Waals surface area contributed by atoms with Gasteiger partial charge in [0.05, 0.1) is 5.69 Å². The van der Waals surface area contributed by atoms with Crippen molar-refractivity contribution in [3.63, 3.8) is 0 Å². The van der Waals surface area contributed by atoms with Crippen LogP contribution in [0.15, 0.2) is 30.3 Å². The quantitative estimate of drug-likeness (QED) is 0.640. The minimum absolute atomic E-state index is 0.0476. The second-order valence-electron chi connectivity index (χ2n) is 5.72. The van der Waals surface area contributed by atoms with Crippen LogP contribution in [0.5, 0.6) is 0 Å². The lowest BCUT2D eigenvalue weighted by molar-refractivity contribution is 0.568. The van der Waals surface area contributed by atoms with Gasteiger partial charge in [0, 0.05) is 17.0 Å². The van der Waals surface area contributed by atoms with Crippen LogP contribution in [0, 0.1) is 6.92 Å². The Morgan fingerprint density at radius 1 is 1.05 bits per heavy atom. The van der Waals surface area contributed by atoms with Gasteiger partial charge in [-0.2, -0.15) is 0 Å². The first-order valence-corrected chi connectivity index (χ1v) is 6.33. The molecule has 0 radical (unpaired) electrons. The van der Waals surface area contributed by atoms with E-state index in [0.29, 0.717) is 11.6 Å². The highest BCUT2D eigenvalue weighted by atomic mass is 15.3. The molecule has 0 spiro atoms. The predicted molar refractivity (Wildman–Crippen MR) is 78.7 cm³/mol. The first-order chi connectivity index (χ1) is 8.90. The maximum Gasteiger partial charge on any atom is 0.161 e. The van der Waals surface area contributed by atoms with Gasteiger partial charge in [0.2, 0.25) is 0 Å².